The summed E-state index contributed by atoms with van der Waals surface area (Å²) in [5.74, 6) is 1.39. The number of hydrogen-bond donors (Lipinski definition) is 4. The normalized spacial score (nSPS) is 20.8. The van der Waals surface area contributed by atoms with E-state index in [0.717, 1.165) is 18.5 Å². The molecule has 1 heterocycles. The summed E-state index contributed by atoms with van der Waals surface area (Å²) in [6.45, 7) is 4.71. The highest BCUT2D eigenvalue weighted by molar-refractivity contribution is 5.85. The predicted molar refractivity (Wildman–Crippen MR) is 90.2 cm³/mol. The lowest BCUT2D eigenvalue weighted by Gasteiger charge is -2.32. The number of aromatic nitrogens is 2. The van der Waals surface area contributed by atoms with Gasteiger partial charge < -0.3 is 21.9 Å². The molecule has 0 atom stereocenters. The molecule has 1 aromatic heterocycles. The number of nitrogens with zero attached hydrogens (tertiary/aromatic N) is 2. The van der Waals surface area contributed by atoms with E-state index < -0.39 is 0 Å². The molecule has 0 aromatic carbocycles. The van der Waals surface area contributed by atoms with Crippen LogP contribution in [-0.2, 0) is 0 Å². The maximum atomic E-state index is 9.23. The molecule has 1 fully saturated rings. The van der Waals surface area contributed by atoms with E-state index in [2.05, 4.69) is 15.3 Å². The van der Waals surface area contributed by atoms with Crippen LogP contribution in [0.1, 0.15) is 38.3 Å². The summed E-state index contributed by atoms with van der Waals surface area (Å²) in [7, 11) is 0. The molecule has 1 saturated carbocycles. The lowest BCUT2D eigenvalue weighted by Crippen LogP contribution is -2.35. The molecule has 1 aliphatic carbocycles. The van der Waals surface area contributed by atoms with Crippen LogP contribution in [0.25, 0.3) is 0 Å². The molecule has 0 unspecified atom stereocenters. The molecule has 0 bridgehead atoms. The molecule has 6 nitrogen and oxygen atoms in total. The van der Waals surface area contributed by atoms with Crippen molar-refractivity contribution in [1.82, 2.24) is 9.97 Å². The largest absolute Gasteiger partial charge is 0.396 e. The Morgan fingerprint density at radius 1 is 1.33 bits per heavy atom. The first-order chi connectivity index (χ1) is 8.89. The van der Waals surface area contributed by atoms with Gasteiger partial charge in [-0.15, -0.1) is 24.8 Å². The van der Waals surface area contributed by atoms with E-state index in [1.54, 1.807) is 0 Å². The Morgan fingerprint density at radius 3 is 2.48 bits per heavy atom. The molecule has 0 amide bonds. The Balaban J connectivity index is 0.00000200. The van der Waals surface area contributed by atoms with Gasteiger partial charge in [-0.3, -0.25) is 0 Å². The van der Waals surface area contributed by atoms with Gasteiger partial charge >= 0.3 is 0 Å². The minimum atomic E-state index is -0.196. The summed E-state index contributed by atoms with van der Waals surface area (Å²) in [5, 5.41) is 12.4. The van der Waals surface area contributed by atoms with Crippen LogP contribution in [0.2, 0.25) is 0 Å². The van der Waals surface area contributed by atoms with Crippen molar-refractivity contribution in [3.63, 3.8) is 0 Å². The number of hydrogen-bond acceptors (Lipinski definition) is 6. The van der Waals surface area contributed by atoms with E-state index in [4.69, 9.17) is 11.5 Å². The smallest absolute Gasteiger partial charge is 0.222 e. The van der Waals surface area contributed by atoms with Crippen molar-refractivity contribution in [3.8, 4) is 0 Å². The molecule has 8 heteroatoms. The predicted octanol–water partition coefficient (Wildman–Crippen LogP) is 1.54. The number of anilines is 2. The Labute approximate surface area is 137 Å². The van der Waals surface area contributed by atoms with Gasteiger partial charge in [0, 0.05) is 36.6 Å². The minimum Gasteiger partial charge on any atom is -0.396 e. The maximum absolute atomic E-state index is 9.23. The van der Waals surface area contributed by atoms with Gasteiger partial charge in [0.05, 0.1) is 5.69 Å². The molecule has 6 N–H and O–H groups in total. The second-order valence-electron chi connectivity index (χ2n) is 6.14. The van der Waals surface area contributed by atoms with Gasteiger partial charge in [0.1, 0.15) is 5.82 Å². The van der Waals surface area contributed by atoms with Crippen molar-refractivity contribution in [1.29, 1.82) is 0 Å². The topological polar surface area (TPSA) is 110 Å². The van der Waals surface area contributed by atoms with E-state index in [9.17, 15) is 5.11 Å². The average Bonchev–Trinajstić information content (AvgIpc) is 2.32. The molecule has 0 radical (unpaired) electrons. The molecule has 1 aromatic rings. The minimum absolute atomic E-state index is 0. The number of halogens is 2. The van der Waals surface area contributed by atoms with Crippen LogP contribution in [-0.4, -0.2) is 34.3 Å². The number of nitrogens with one attached hydrogen (secondary N) is 1. The maximum Gasteiger partial charge on any atom is 0.222 e. The number of rotatable bonds is 5. The first-order valence-electron chi connectivity index (χ1n) is 6.64. The Bertz CT molecular complexity index is 452. The lowest BCUT2D eigenvalue weighted by atomic mass is 9.78. The zero-order valence-electron chi connectivity index (χ0n) is 12.4. The monoisotopic (exact) mass is 337 g/mol. The van der Waals surface area contributed by atoms with Crippen molar-refractivity contribution in [3.05, 3.63) is 11.8 Å². The van der Waals surface area contributed by atoms with E-state index in [-0.39, 0.29) is 48.8 Å². The number of aliphatic hydroxyl groups excluding tert-OH is 1. The highest BCUT2D eigenvalue weighted by Gasteiger charge is 2.29. The Hall–Kier alpha value is -0.820. The summed E-state index contributed by atoms with van der Waals surface area (Å²) >= 11 is 0. The summed E-state index contributed by atoms with van der Waals surface area (Å²) < 4.78 is 0. The first-order valence-corrected chi connectivity index (χ1v) is 6.64. The fourth-order valence-electron chi connectivity index (χ4n) is 2.07. The number of nitrogen functional groups attached to an aromatic ring is 1. The summed E-state index contributed by atoms with van der Waals surface area (Å²) in [6.07, 6.45) is 1.91. The van der Waals surface area contributed by atoms with Gasteiger partial charge in [0.2, 0.25) is 5.95 Å². The number of nitrogens with two attached hydrogens (primary N) is 2. The first kappa shape index (κ1) is 20.2. The van der Waals surface area contributed by atoms with E-state index in [1.165, 1.54) is 0 Å². The van der Waals surface area contributed by atoms with Crippen LogP contribution in [0.3, 0.4) is 0 Å². The SMILES string of the molecule is CC(C)(CO)CNc1cc(C2CC(N)C2)nc(N)n1.Cl.Cl. The molecule has 1 aliphatic rings. The fourth-order valence-corrected chi connectivity index (χ4v) is 2.07. The molecule has 122 valence electrons. The summed E-state index contributed by atoms with van der Waals surface area (Å²) in [4.78, 5) is 8.45. The van der Waals surface area contributed by atoms with Crippen LogP contribution in [0.4, 0.5) is 11.8 Å². The average molecular weight is 338 g/mol. The van der Waals surface area contributed by atoms with Crippen molar-refractivity contribution < 1.29 is 5.11 Å². The molecular weight excluding hydrogens is 313 g/mol. The van der Waals surface area contributed by atoms with Crippen molar-refractivity contribution in [2.45, 2.75) is 38.6 Å². The molecule has 21 heavy (non-hydrogen) atoms. The molecule has 2 rings (SSSR count). The van der Waals surface area contributed by atoms with Gasteiger partial charge in [-0.1, -0.05) is 13.8 Å². The van der Waals surface area contributed by atoms with Crippen LogP contribution >= 0.6 is 24.8 Å². The quantitative estimate of drug-likeness (QED) is 0.648. The van der Waals surface area contributed by atoms with Crippen LogP contribution in [0, 0.1) is 5.41 Å². The lowest BCUT2D eigenvalue weighted by molar-refractivity contribution is 0.170. The highest BCUT2D eigenvalue weighted by Crippen LogP contribution is 2.35. The number of aliphatic hydroxyl groups is 1. The van der Waals surface area contributed by atoms with Gasteiger partial charge in [0.15, 0.2) is 0 Å². The third kappa shape index (κ3) is 5.47. The van der Waals surface area contributed by atoms with Gasteiger partial charge in [0.25, 0.3) is 0 Å². The fraction of sp³-hybridized carbons (Fsp3) is 0.692. The molecular formula is C13H25Cl2N5O. The van der Waals surface area contributed by atoms with Crippen molar-refractivity contribution in [2.75, 3.05) is 24.2 Å². The van der Waals surface area contributed by atoms with Crippen molar-refractivity contribution >= 4 is 36.6 Å². The second kappa shape index (κ2) is 7.98. The third-order valence-electron chi connectivity index (χ3n) is 3.53. The Kier molecular flexibility index (Phi) is 7.67. The second-order valence-corrected chi connectivity index (χ2v) is 6.14. The third-order valence-corrected chi connectivity index (χ3v) is 3.53. The molecule has 0 spiro atoms. The Morgan fingerprint density at radius 2 is 1.95 bits per heavy atom. The van der Waals surface area contributed by atoms with E-state index in [0.29, 0.717) is 18.3 Å². The van der Waals surface area contributed by atoms with Gasteiger partial charge in [-0.25, -0.2) is 4.98 Å². The van der Waals surface area contributed by atoms with Crippen LogP contribution in [0.15, 0.2) is 6.07 Å². The van der Waals surface area contributed by atoms with Gasteiger partial charge in [-0.2, -0.15) is 4.98 Å². The highest BCUT2D eigenvalue weighted by atomic mass is 35.5. The molecule has 0 aliphatic heterocycles. The standard InChI is InChI=1S/C13H23N5O.2ClH/c1-13(2,7-19)6-16-11-5-10(17-12(15)18-11)8-3-9(14)4-8;;/h5,8-9,19H,3-4,6-7,14H2,1-2H3,(H3,15,16,17,18);2*1H. The van der Waals surface area contributed by atoms with Gasteiger partial charge in [-0.05, 0) is 12.8 Å². The summed E-state index contributed by atoms with van der Waals surface area (Å²) in [6, 6.07) is 2.21. The zero-order valence-corrected chi connectivity index (χ0v) is 14.0. The van der Waals surface area contributed by atoms with Crippen LogP contribution in [0.5, 0.6) is 0 Å². The van der Waals surface area contributed by atoms with Crippen molar-refractivity contribution in [2.24, 2.45) is 11.1 Å². The van der Waals surface area contributed by atoms with E-state index >= 15 is 0 Å². The van der Waals surface area contributed by atoms with Crippen LogP contribution < -0.4 is 16.8 Å². The summed E-state index contributed by atoms with van der Waals surface area (Å²) in [5.41, 5.74) is 12.3. The zero-order chi connectivity index (χ0) is 14.0. The van der Waals surface area contributed by atoms with E-state index in [1.807, 2.05) is 19.9 Å². The molecule has 0 saturated heterocycles.